The van der Waals surface area contributed by atoms with Gasteiger partial charge in [0, 0.05) is 42.0 Å². The number of hydrogen-bond acceptors (Lipinski definition) is 6. The molecule has 0 aliphatic carbocycles. The van der Waals surface area contributed by atoms with Crippen molar-refractivity contribution in [3.05, 3.63) is 59.1 Å². The molecule has 0 bridgehead atoms. The van der Waals surface area contributed by atoms with Gasteiger partial charge < -0.3 is 15.5 Å². The van der Waals surface area contributed by atoms with Crippen molar-refractivity contribution in [3.63, 3.8) is 0 Å². The lowest BCUT2D eigenvalue weighted by atomic mass is 9.96. The second-order valence-electron chi connectivity index (χ2n) is 9.33. The number of amides is 1. The largest absolute Gasteiger partial charge is 0.384 e. The van der Waals surface area contributed by atoms with E-state index in [1.807, 2.05) is 29.2 Å². The molecule has 0 atom stereocenters. The monoisotopic (exact) mass is 490 g/mol. The molecule has 0 radical (unpaired) electrons. The lowest BCUT2D eigenvalue weighted by Gasteiger charge is -2.36. The first kappa shape index (κ1) is 23.7. The number of piperidine rings is 1. The minimum Gasteiger partial charge on any atom is -0.384 e. The summed E-state index contributed by atoms with van der Waals surface area (Å²) in [6.07, 6.45) is 8.70. The molecule has 182 valence electrons. The normalized spacial score (nSPS) is 17.1. The van der Waals surface area contributed by atoms with Crippen molar-refractivity contribution >= 4 is 23.3 Å². The molecule has 2 aromatic heterocycles. The summed E-state index contributed by atoms with van der Waals surface area (Å²) in [4.78, 5) is 31.1. The number of nitrogens with zero attached hydrogens (tertiary/aromatic N) is 5. The molecule has 0 spiro atoms. The fraction of sp³-hybridized carbons (Fsp3) is 0.407. The number of pyridine rings is 1. The highest BCUT2D eigenvalue weighted by Gasteiger charge is 2.29. The molecule has 3 aromatic rings. The van der Waals surface area contributed by atoms with E-state index >= 15 is 0 Å². The Balaban J connectivity index is 1.39. The highest BCUT2D eigenvalue weighted by molar-refractivity contribution is 6.34. The molecule has 2 fully saturated rings. The minimum atomic E-state index is 0.00122. The predicted octanol–water partition coefficient (Wildman–Crippen LogP) is 4.70. The van der Waals surface area contributed by atoms with Gasteiger partial charge in [-0.15, -0.1) is 0 Å². The maximum absolute atomic E-state index is 13.3. The number of carbonyl (C=O) groups is 1. The SMILES string of the molecule is CCc1ncnc(-c2ccc(C(=O)N3CCC(N4CCCC4)CC3)c(Cl)c2)c1-c1ccc(N)nc1. The van der Waals surface area contributed by atoms with Crippen LogP contribution in [0.15, 0.2) is 42.9 Å². The van der Waals surface area contributed by atoms with Crippen LogP contribution in [-0.4, -0.2) is 62.9 Å². The van der Waals surface area contributed by atoms with Crippen molar-refractivity contribution < 1.29 is 4.79 Å². The van der Waals surface area contributed by atoms with E-state index in [0.29, 0.717) is 22.4 Å². The maximum Gasteiger partial charge on any atom is 0.255 e. The molecular formula is C27H31ClN6O. The highest BCUT2D eigenvalue weighted by Crippen LogP contribution is 2.35. The summed E-state index contributed by atoms with van der Waals surface area (Å²) >= 11 is 6.69. The van der Waals surface area contributed by atoms with Gasteiger partial charge in [-0.2, -0.15) is 0 Å². The Morgan fingerprint density at radius 2 is 1.77 bits per heavy atom. The molecule has 35 heavy (non-hydrogen) atoms. The number of anilines is 1. The average molecular weight is 491 g/mol. The molecule has 2 N–H and O–H groups in total. The Labute approximate surface area is 211 Å². The van der Waals surface area contributed by atoms with Crippen molar-refractivity contribution in [2.75, 3.05) is 31.9 Å². The molecule has 1 aromatic carbocycles. The molecule has 2 saturated heterocycles. The molecule has 5 rings (SSSR count). The fourth-order valence-electron chi connectivity index (χ4n) is 5.31. The first-order valence-electron chi connectivity index (χ1n) is 12.4. The van der Waals surface area contributed by atoms with Crippen LogP contribution in [0.2, 0.25) is 5.02 Å². The van der Waals surface area contributed by atoms with E-state index in [2.05, 4.69) is 26.8 Å². The number of nitrogens with two attached hydrogens (primary N) is 1. The van der Waals surface area contributed by atoms with Gasteiger partial charge >= 0.3 is 0 Å². The van der Waals surface area contributed by atoms with Crippen LogP contribution in [0.3, 0.4) is 0 Å². The van der Waals surface area contributed by atoms with Gasteiger partial charge in [-0.25, -0.2) is 15.0 Å². The first-order chi connectivity index (χ1) is 17.0. The summed E-state index contributed by atoms with van der Waals surface area (Å²) in [5.74, 6) is 0.460. The number of rotatable bonds is 5. The number of halogens is 1. The molecule has 1 amide bonds. The molecule has 4 heterocycles. The number of nitrogen functional groups attached to an aromatic ring is 1. The molecule has 0 unspecified atom stereocenters. The van der Waals surface area contributed by atoms with Crippen LogP contribution in [0.5, 0.6) is 0 Å². The number of likely N-dealkylation sites (tertiary alicyclic amines) is 2. The van der Waals surface area contributed by atoms with Crippen molar-refractivity contribution in [1.29, 1.82) is 0 Å². The van der Waals surface area contributed by atoms with Gasteiger partial charge in [-0.05, 0) is 69.5 Å². The first-order valence-corrected chi connectivity index (χ1v) is 12.8. The summed E-state index contributed by atoms with van der Waals surface area (Å²) < 4.78 is 0. The van der Waals surface area contributed by atoms with Crippen molar-refractivity contribution in [3.8, 4) is 22.4 Å². The standard InChI is InChI=1S/C27H31ClN6O/c1-2-23-25(19-6-8-24(29)30-16-19)26(32-17-31-23)18-5-7-21(22(28)15-18)27(35)34-13-9-20(10-14-34)33-11-3-4-12-33/h5-8,15-17,20H,2-4,9-14H2,1H3,(H2,29,30). The van der Waals surface area contributed by atoms with Gasteiger partial charge in [0.05, 0.1) is 22.0 Å². The van der Waals surface area contributed by atoms with Gasteiger partial charge in [-0.1, -0.05) is 24.6 Å². The van der Waals surface area contributed by atoms with Gasteiger partial charge in [0.25, 0.3) is 5.91 Å². The van der Waals surface area contributed by atoms with E-state index in [4.69, 9.17) is 17.3 Å². The summed E-state index contributed by atoms with van der Waals surface area (Å²) in [7, 11) is 0. The summed E-state index contributed by atoms with van der Waals surface area (Å²) in [6.45, 7) is 6.00. The zero-order chi connectivity index (χ0) is 24.4. The summed E-state index contributed by atoms with van der Waals surface area (Å²) in [6, 6.07) is 9.88. The molecular weight excluding hydrogens is 460 g/mol. The number of aromatic nitrogens is 3. The smallest absolute Gasteiger partial charge is 0.255 e. The summed E-state index contributed by atoms with van der Waals surface area (Å²) in [5, 5.41) is 0.437. The lowest BCUT2D eigenvalue weighted by molar-refractivity contribution is 0.0644. The second-order valence-corrected chi connectivity index (χ2v) is 9.74. The van der Waals surface area contributed by atoms with E-state index in [-0.39, 0.29) is 5.91 Å². The van der Waals surface area contributed by atoms with Crippen molar-refractivity contribution in [1.82, 2.24) is 24.8 Å². The number of benzene rings is 1. The molecule has 2 aliphatic heterocycles. The maximum atomic E-state index is 13.3. The van der Waals surface area contributed by atoms with E-state index in [1.165, 1.54) is 25.9 Å². The second kappa shape index (κ2) is 10.3. The zero-order valence-electron chi connectivity index (χ0n) is 20.1. The van der Waals surface area contributed by atoms with Gasteiger partial charge in [0.2, 0.25) is 0 Å². The third-order valence-corrected chi connectivity index (χ3v) is 7.53. The third-order valence-electron chi connectivity index (χ3n) is 7.22. The van der Waals surface area contributed by atoms with Crippen LogP contribution in [0.25, 0.3) is 22.4 Å². The van der Waals surface area contributed by atoms with Crippen LogP contribution in [0.1, 0.15) is 48.7 Å². The van der Waals surface area contributed by atoms with Gasteiger partial charge in [0.15, 0.2) is 0 Å². The predicted molar refractivity (Wildman–Crippen MR) is 139 cm³/mol. The van der Waals surface area contributed by atoms with Crippen molar-refractivity contribution in [2.24, 2.45) is 0 Å². The molecule has 8 heteroatoms. The van der Waals surface area contributed by atoms with Gasteiger partial charge in [-0.3, -0.25) is 4.79 Å². The van der Waals surface area contributed by atoms with E-state index < -0.39 is 0 Å². The van der Waals surface area contributed by atoms with Crippen LogP contribution < -0.4 is 5.73 Å². The Morgan fingerprint density at radius 3 is 2.43 bits per heavy atom. The Bertz CT molecular complexity index is 1200. The number of carbonyl (C=O) groups excluding carboxylic acids is 1. The Hall–Kier alpha value is -3.03. The average Bonchev–Trinajstić information content (AvgIpc) is 3.43. The Morgan fingerprint density at radius 1 is 1.03 bits per heavy atom. The third kappa shape index (κ3) is 4.88. The lowest BCUT2D eigenvalue weighted by Crippen LogP contribution is -2.45. The molecule has 2 aliphatic rings. The quantitative estimate of drug-likeness (QED) is 0.557. The van der Waals surface area contributed by atoms with E-state index in [1.54, 1.807) is 18.6 Å². The van der Waals surface area contributed by atoms with Crippen LogP contribution >= 0.6 is 11.6 Å². The van der Waals surface area contributed by atoms with Crippen LogP contribution in [-0.2, 0) is 6.42 Å². The fourth-order valence-corrected chi connectivity index (χ4v) is 5.57. The number of aryl methyl sites for hydroxylation is 1. The van der Waals surface area contributed by atoms with Crippen molar-refractivity contribution in [2.45, 2.75) is 45.1 Å². The Kier molecular flexibility index (Phi) is 6.97. The van der Waals surface area contributed by atoms with Crippen LogP contribution in [0, 0.1) is 0 Å². The number of hydrogen-bond donors (Lipinski definition) is 1. The summed E-state index contributed by atoms with van der Waals surface area (Å²) in [5.41, 5.74) is 10.6. The van der Waals surface area contributed by atoms with E-state index in [0.717, 1.165) is 60.4 Å². The molecule has 0 saturated carbocycles. The molecule has 7 nitrogen and oxygen atoms in total. The highest BCUT2D eigenvalue weighted by atomic mass is 35.5. The topological polar surface area (TPSA) is 88.2 Å². The zero-order valence-corrected chi connectivity index (χ0v) is 20.8. The van der Waals surface area contributed by atoms with Gasteiger partial charge in [0.1, 0.15) is 12.1 Å². The van der Waals surface area contributed by atoms with E-state index in [9.17, 15) is 4.79 Å². The minimum absolute atomic E-state index is 0.00122. The van der Waals surface area contributed by atoms with Crippen LogP contribution in [0.4, 0.5) is 5.82 Å².